The van der Waals surface area contributed by atoms with Crippen LogP contribution >= 0.6 is 0 Å². The molecule has 0 spiro atoms. The Morgan fingerprint density at radius 3 is 2.60 bits per heavy atom. The van der Waals surface area contributed by atoms with Gasteiger partial charge in [-0.05, 0) is 57.5 Å². The van der Waals surface area contributed by atoms with Gasteiger partial charge in [-0.25, -0.2) is 0 Å². The monoisotopic (exact) mass is 411 g/mol. The molecule has 1 amide bonds. The van der Waals surface area contributed by atoms with Crippen LogP contribution < -0.4 is 19.7 Å². The molecule has 0 radical (unpaired) electrons. The zero-order valence-corrected chi connectivity index (χ0v) is 18.5. The van der Waals surface area contributed by atoms with E-state index in [4.69, 9.17) is 9.47 Å². The highest BCUT2D eigenvalue weighted by Gasteiger charge is 2.25. The minimum atomic E-state index is -0.0409. The summed E-state index contributed by atoms with van der Waals surface area (Å²) >= 11 is 0. The van der Waals surface area contributed by atoms with Gasteiger partial charge in [0.05, 0.1) is 25.4 Å². The lowest BCUT2D eigenvalue weighted by Crippen LogP contribution is -2.53. The van der Waals surface area contributed by atoms with Crippen molar-refractivity contribution in [3.8, 4) is 11.5 Å². The summed E-state index contributed by atoms with van der Waals surface area (Å²) in [5.74, 6) is 1.34. The Balaban J connectivity index is 1.60. The maximum Gasteiger partial charge on any atom is 0.238 e. The number of carbonyl (C=O) groups excluding carboxylic acids is 1. The third-order valence-corrected chi connectivity index (χ3v) is 5.25. The molecule has 1 saturated heterocycles. The number of nitrogens with zero attached hydrogens (tertiary/aromatic N) is 2. The summed E-state index contributed by atoms with van der Waals surface area (Å²) in [7, 11) is 0. The standard InChI is InChI=1S/C24H33N3O3/c1-5-29-21-10-11-23(30-6-2)22(15-21)25-24(28)17-26-12-13-27(19(4)16-26)20-9-7-8-18(3)14-20/h7-11,14-15,19H,5-6,12-13,16-17H2,1-4H3,(H,25,28)/t19-/m1/s1. The molecule has 6 heteroatoms. The van der Waals surface area contributed by atoms with Crippen LogP contribution in [-0.4, -0.2) is 56.2 Å². The molecule has 1 N–H and O–H groups in total. The first-order valence-electron chi connectivity index (χ1n) is 10.7. The summed E-state index contributed by atoms with van der Waals surface area (Å²) in [5.41, 5.74) is 3.17. The summed E-state index contributed by atoms with van der Waals surface area (Å²) in [6.07, 6.45) is 0. The van der Waals surface area contributed by atoms with E-state index in [1.165, 1.54) is 11.3 Å². The summed E-state index contributed by atoms with van der Waals surface area (Å²) in [6, 6.07) is 14.5. The SMILES string of the molecule is CCOc1ccc(OCC)c(NC(=O)CN2CCN(c3cccc(C)c3)[C@H](C)C2)c1. The maximum atomic E-state index is 12.7. The van der Waals surface area contributed by atoms with Crippen LogP contribution in [0.4, 0.5) is 11.4 Å². The van der Waals surface area contributed by atoms with E-state index in [0.717, 1.165) is 25.4 Å². The van der Waals surface area contributed by atoms with Gasteiger partial charge < -0.3 is 19.7 Å². The molecule has 3 rings (SSSR count). The Labute approximate surface area is 179 Å². The number of hydrogen-bond donors (Lipinski definition) is 1. The van der Waals surface area contributed by atoms with Crippen LogP contribution in [0.2, 0.25) is 0 Å². The predicted octanol–water partition coefficient (Wildman–Crippen LogP) is 3.94. The molecule has 6 nitrogen and oxygen atoms in total. The second-order valence-electron chi connectivity index (χ2n) is 7.69. The van der Waals surface area contributed by atoms with Gasteiger partial charge in [-0.1, -0.05) is 12.1 Å². The molecule has 1 heterocycles. The number of anilines is 2. The fourth-order valence-corrected chi connectivity index (χ4v) is 3.90. The van der Waals surface area contributed by atoms with Crippen LogP contribution in [0.1, 0.15) is 26.3 Å². The van der Waals surface area contributed by atoms with Crippen molar-refractivity contribution in [2.45, 2.75) is 33.7 Å². The normalized spacial score (nSPS) is 16.9. The van der Waals surface area contributed by atoms with Gasteiger partial charge in [-0.3, -0.25) is 9.69 Å². The van der Waals surface area contributed by atoms with Crippen LogP contribution in [0, 0.1) is 6.92 Å². The minimum Gasteiger partial charge on any atom is -0.494 e. The van der Waals surface area contributed by atoms with Gasteiger partial charge in [0.15, 0.2) is 0 Å². The van der Waals surface area contributed by atoms with Crippen molar-refractivity contribution in [2.75, 3.05) is 49.6 Å². The Morgan fingerprint density at radius 1 is 1.10 bits per heavy atom. The number of carbonyl (C=O) groups is 1. The third kappa shape index (κ3) is 5.66. The van der Waals surface area contributed by atoms with E-state index >= 15 is 0 Å². The van der Waals surface area contributed by atoms with Crippen LogP contribution in [0.15, 0.2) is 42.5 Å². The molecule has 0 unspecified atom stereocenters. The van der Waals surface area contributed by atoms with Crippen molar-refractivity contribution in [3.05, 3.63) is 48.0 Å². The summed E-state index contributed by atoms with van der Waals surface area (Å²) in [5, 5.41) is 3.01. The number of aryl methyl sites for hydroxylation is 1. The highest BCUT2D eigenvalue weighted by Crippen LogP contribution is 2.29. The van der Waals surface area contributed by atoms with Crippen molar-refractivity contribution in [1.29, 1.82) is 0 Å². The fraction of sp³-hybridized carbons (Fsp3) is 0.458. The van der Waals surface area contributed by atoms with Crippen molar-refractivity contribution < 1.29 is 14.3 Å². The predicted molar refractivity (Wildman–Crippen MR) is 122 cm³/mol. The average molecular weight is 412 g/mol. The Kier molecular flexibility index (Phi) is 7.57. The summed E-state index contributed by atoms with van der Waals surface area (Å²) < 4.78 is 11.2. The van der Waals surface area contributed by atoms with Gasteiger partial charge in [-0.15, -0.1) is 0 Å². The average Bonchev–Trinajstić information content (AvgIpc) is 2.70. The number of ether oxygens (including phenoxy) is 2. The fourth-order valence-electron chi connectivity index (χ4n) is 3.90. The highest BCUT2D eigenvalue weighted by atomic mass is 16.5. The molecule has 1 aliphatic heterocycles. The topological polar surface area (TPSA) is 54.0 Å². The molecular weight excluding hydrogens is 378 g/mol. The van der Waals surface area contributed by atoms with Crippen molar-refractivity contribution >= 4 is 17.3 Å². The zero-order chi connectivity index (χ0) is 21.5. The van der Waals surface area contributed by atoms with Crippen molar-refractivity contribution in [2.24, 2.45) is 0 Å². The largest absolute Gasteiger partial charge is 0.494 e. The first kappa shape index (κ1) is 22.0. The highest BCUT2D eigenvalue weighted by molar-refractivity contribution is 5.94. The van der Waals surface area contributed by atoms with Crippen LogP contribution in [-0.2, 0) is 4.79 Å². The number of benzene rings is 2. The number of nitrogens with one attached hydrogen (secondary N) is 1. The number of rotatable bonds is 8. The molecule has 0 aromatic heterocycles. The van der Waals surface area contributed by atoms with Crippen molar-refractivity contribution in [1.82, 2.24) is 4.90 Å². The van der Waals surface area contributed by atoms with Crippen LogP contribution in [0.3, 0.4) is 0 Å². The van der Waals surface area contributed by atoms with Gasteiger partial charge in [0.25, 0.3) is 0 Å². The summed E-state index contributed by atoms with van der Waals surface area (Å²) in [6.45, 7) is 12.3. The van der Waals surface area contributed by atoms with Gasteiger partial charge in [0, 0.05) is 37.4 Å². The minimum absolute atomic E-state index is 0.0409. The molecule has 1 atom stereocenters. The lowest BCUT2D eigenvalue weighted by molar-refractivity contribution is -0.117. The van der Waals surface area contributed by atoms with Crippen molar-refractivity contribution in [3.63, 3.8) is 0 Å². The number of piperazine rings is 1. The van der Waals surface area contributed by atoms with E-state index in [0.29, 0.717) is 37.2 Å². The third-order valence-electron chi connectivity index (χ3n) is 5.25. The van der Waals surface area contributed by atoms with Gasteiger partial charge >= 0.3 is 0 Å². The molecule has 1 fully saturated rings. The molecule has 2 aromatic rings. The second kappa shape index (κ2) is 10.3. The Morgan fingerprint density at radius 2 is 1.90 bits per heavy atom. The lowest BCUT2D eigenvalue weighted by atomic mass is 10.1. The van der Waals surface area contributed by atoms with Gasteiger partial charge in [0.1, 0.15) is 11.5 Å². The maximum absolute atomic E-state index is 12.7. The summed E-state index contributed by atoms with van der Waals surface area (Å²) in [4.78, 5) is 17.4. The molecular formula is C24H33N3O3. The van der Waals surface area contributed by atoms with E-state index in [9.17, 15) is 4.79 Å². The van der Waals surface area contributed by atoms with E-state index < -0.39 is 0 Å². The van der Waals surface area contributed by atoms with E-state index in [-0.39, 0.29) is 5.91 Å². The lowest BCUT2D eigenvalue weighted by Gasteiger charge is -2.41. The number of hydrogen-bond acceptors (Lipinski definition) is 5. The van der Waals surface area contributed by atoms with Gasteiger partial charge in [-0.2, -0.15) is 0 Å². The van der Waals surface area contributed by atoms with Gasteiger partial charge in [0.2, 0.25) is 5.91 Å². The molecule has 30 heavy (non-hydrogen) atoms. The Hall–Kier alpha value is -2.73. The van der Waals surface area contributed by atoms with E-state index in [2.05, 4.69) is 53.2 Å². The zero-order valence-electron chi connectivity index (χ0n) is 18.5. The Bertz CT molecular complexity index is 855. The van der Waals surface area contributed by atoms with E-state index in [1.54, 1.807) is 0 Å². The molecule has 2 aromatic carbocycles. The molecule has 0 saturated carbocycles. The van der Waals surface area contributed by atoms with Crippen LogP contribution in [0.25, 0.3) is 0 Å². The quantitative estimate of drug-likeness (QED) is 0.713. The first-order valence-corrected chi connectivity index (χ1v) is 10.7. The van der Waals surface area contributed by atoms with E-state index in [1.807, 2.05) is 32.0 Å². The number of amides is 1. The molecule has 0 bridgehead atoms. The smallest absolute Gasteiger partial charge is 0.238 e. The molecule has 162 valence electrons. The van der Waals surface area contributed by atoms with Crippen LogP contribution in [0.5, 0.6) is 11.5 Å². The first-order chi connectivity index (χ1) is 14.5. The second-order valence-corrected chi connectivity index (χ2v) is 7.69. The molecule has 1 aliphatic rings. The molecule has 0 aliphatic carbocycles.